The van der Waals surface area contributed by atoms with Crippen LogP contribution in [0.1, 0.15) is 37.4 Å². The van der Waals surface area contributed by atoms with E-state index in [-0.39, 0.29) is 16.8 Å². The topological polar surface area (TPSA) is 84.5 Å². The molecule has 1 unspecified atom stereocenters. The summed E-state index contributed by atoms with van der Waals surface area (Å²) in [4.78, 5) is 12.6. The third-order valence-electron chi connectivity index (χ3n) is 4.30. The van der Waals surface area contributed by atoms with E-state index in [2.05, 4.69) is 10.0 Å². The Labute approximate surface area is 161 Å². The number of carbonyl (C=O) groups is 1. The molecule has 0 aliphatic carbocycles. The minimum absolute atomic E-state index is 0.0773. The first-order valence-corrected chi connectivity index (χ1v) is 10.3. The van der Waals surface area contributed by atoms with Gasteiger partial charge in [-0.2, -0.15) is 4.72 Å². The van der Waals surface area contributed by atoms with Crippen LogP contribution in [0.25, 0.3) is 0 Å². The lowest BCUT2D eigenvalue weighted by molar-refractivity contribution is -0.123. The zero-order chi connectivity index (χ0) is 20.0. The Balaban J connectivity index is 2.05. The molecule has 2 aromatic carbocycles. The van der Waals surface area contributed by atoms with Crippen molar-refractivity contribution < 1.29 is 17.9 Å². The summed E-state index contributed by atoms with van der Waals surface area (Å²) < 4.78 is 32.4. The molecule has 0 aliphatic rings. The number of hydrogen-bond acceptors (Lipinski definition) is 4. The number of ether oxygens (including phenoxy) is 1. The maximum atomic E-state index is 12.5. The van der Waals surface area contributed by atoms with Gasteiger partial charge in [0, 0.05) is 0 Å². The van der Waals surface area contributed by atoms with Crippen molar-refractivity contribution in [2.75, 3.05) is 7.11 Å². The van der Waals surface area contributed by atoms with E-state index >= 15 is 0 Å². The van der Waals surface area contributed by atoms with Gasteiger partial charge in [-0.3, -0.25) is 4.79 Å². The van der Waals surface area contributed by atoms with Gasteiger partial charge in [0.25, 0.3) is 0 Å². The molecule has 0 bridgehead atoms. The molecule has 0 fully saturated rings. The highest BCUT2D eigenvalue weighted by Crippen LogP contribution is 2.18. The predicted octanol–water partition coefficient (Wildman–Crippen LogP) is 2.94. The Bertz CT molecular complexity index is 862. The highest BCUT2D eigenvalue weighted by molar-refractivity contribution is 7.89. The highest BCUT2D eigenvalue weighted by atomic mass is 32.2. The summed E-state index contributed by atoms with van der Waals surface area (Å²) in [7, 11) is -2.30. The first kappa shape index (κ1) is 20.9. The van der Waals surface area contributed by atoms with Gasteiger partial charge in [-0.1, -0.05) is 36.8 Å². The average Bonchev–Trinajstić information content (AvgIpc) is 2.66. The molecule has 2 rings (SSSR count). The molecule has 6 nitrogen and oxygen atoms in total. The van der Waals surface area contributed by atoms with Crippen LogP contribution in [0.3, 0.4) is 0 Å². The largest absolute Gasteiger partial charge is 0.497 e. The van der Waals surface area contributed by atoms with Crippen LogP contribution in [0.4, 0.5) is 0 Å². The van der Waals surface area contributed by atoms with Gasteiger partial charge < -0.3 is 10.1 Å². The van der Waals surface area contributed by atoms with Gasteiger partial charge in [0.05, 0.1) is 24.1 Å². The second kappa shape index (κ2) is 9.01. The summed E-state index contributed by atoms with van der Waals surface area (Å²) >= 11 is 0. The molecule has 0 heterocycles. The number of rotatable bonds is 8. The summed E-state index contributed by atoms with van der Waals surface area (Å²) in [5.41, 5.74) is 2.13. The average molecular weight is 391 g/mol. The number of amides is 1. The Morgan fingerprint density at radius 2 is 1.67 bits per heavy atom. The lowest BCUT2D eigenvalue weighted by atomic mass is 10.0. The number of nitrogens with one attached hydrogen (secondary N) is 2. The number of carbonyl (C=O) groups excluding carboxylic acids is 1. The molecule has 2 atom stereocenters. The van der Waals surface area contributed by atoms with E-state index in [1.165, 1.54) is 26.2 Å². The van der Waals surface area contributed by atoms with Gasteiger partial charge in [-0.25, -0.2) is 8.42 Å². The van der Waals surface area contributed by atoms with Crippen molar-refractivity contribution in [3.63, 3.8) is 0 Å². The molecule has 0 saturated carbocycles. The lowest BCUT2D eigenvalue weighted by Gasteiger charge is -2.21. The molecule has 0 spiro atoms. The third-order valence-corrected chi connectivity index (χ3v) is 5.86. The molecule has 1 amide bonds. The van der Waals surface area contributed by atoms with Crippen molar-refractivity contribution in [2.45, 2.75) is 44.2 Å². The third kappa shape index (κ3) is 5.55. The van der Waals surface area contributed by atoms with Crippen LogP contribution in [0.2, 0.25) is 0 Å². The van der Waals surface area contributed by atoms with Crippen LogP contribution in [0.15, 0.2) is 53.4 Å². The van der Waals surface area contributed by atoms with Crippen molar-refractivity contribution in [1.82, 2.24) is 10.0 Å². The molecule has 0 aromatic heterocycles. The molecule has 0 aliphatic heterocycles. The Kier molecular flexibility index (Phi) is 6.98. The van der Waals surface area contributed by atoms with Crippen LogP contribution in [-0.4, -0.2) is 27.5 Å². The highest BCUT2D eigenvalue weighted by Gasteiger charge is 2.24. The molecule has 7 heteroatoms. The smallest absolute Gasteiger partial charge is 0.241 e. The molecule has 27 heavy (non-hydrogen) atoms. The van der Waals surface area contributed by atoms with Gasteiger partial charge in [0.15, 0.2) is 0 Å². The van der Waals surface area contributed by atoms with Crippen molar-refractivity contribution in [1.29, 1.82) is 0 Å². The van der Waals surface area contributed by atoms with Gasteiger partial charge in [0.2, 0.25) is 15.9 Å². The van der Waals surface area contributed by atoms with Crippen LogP contribution < -0.4 is 14.8 Å². The maximum Gasteiger partial charge on any atom is 0.241 e. The van der Waals surface area contributed by atoms with E-state index < -0.39 is 16.1 Å². The standard InChI is InChI=1S/C20H26N2O4S/c1-5-19(16-8-6-14(2)7-9-16)21-20(23)15(3)22-27(24,25)18-12-10-17(26-4)11-13-18/h6-13,15,19,22H,5H2,1-4H3,(H,21,23)/t15-,19?/m0/s1. The van der Waals surface area contributed by atoms with Crippen molar-refractivity contribution >= 4 is 15.9 Å². The van der Waals surface area contributed by atoms with Crippen molar-refractivity contribution in [3.05, 3.63) is 59.7 Å². The van der Waals surface area contributed by atoms with Crippen LogP contribution in [0.5, 0.6) is 5.75 Å². The van der Waals surface area contributed by atoms with Crippen molar-refractivity contribution in [3.8, 4) is 5.75 Å². The van der Waals surface area contributed by atoms with E-state index in [1.54, 1.807) is 12.1 Å². The number of hydrogen-bond donors (Lipinski definition) is 2. The lowest BCUT2D eigenvalue weighted by Crippen LogP contribution is -2.45. The fourth-order valence-corrected chi connectivity index (χ4v) is 3.83. The fourth-order valence-electron chi connectivity index (χ4n) is 2.63. The summed E-state index contributed by atoms with van der Waals surface area (Å²) in [5, 5.41) is 2.91. The van der Waals surface area contributed by atoms with Gasteiger partial charge >= 0.3 is 0 Å². The summed E-state index contributed by atoms with van der Waals surface area (Å²) in [6.45, 7) is 5.49. The monoisotopic (exact) mass is 390 g/mol. The van der Waals surface area contributed by atoms with Crippen LogP contribution in [0, 0.1) is 6.92 Å². The molecule has 0 radical (unpaired) electrons. The van der Waals surface area contributed by atoms with Crippen LogP contribution >= 0.6 is 0 Å². The molecule has 0 saturated heterocycles. The molecular formula is C20H26N2O4S. The van der Waals surface area contributed by atoms with Gasteiger partial charge in [-0.15, -0.1) is 0 Å². The summed E-state index contributed by atoms with van der Waals surface area (Å²) in [5.74, 6) is 0.183. The predicted molar refractivity (Wildman–Crippen MR) is 105 cm³/mol. The second-order valence-electron chi connectivity index (χ2n) is 6.40. The van der Waals surface area contributed by atoms with E-state index in [0.29, 0.717) is 12.2 Å². The number of sulfonamides is 1. The van der Waals surface area contributed by atoms with Gasteiger partial charge in [-0.05, 0) is 50.1 Å². The van der Waals surface area contributed by atoms with E-state index in [9.17, 15) is 13.2 Å². The summed E-state index contributed by atoms with van der Waals surface area (Å²) in [6.07, 6.45) is 0.701. The van der Waals surface area contributed by atoms with Crippen molar-refractivity contribution in [2.24, 2.45) is 0 Å². The first-order valence-electron chi connectivity index (χ1n) is 8.80. The molecule has 146 valence electrons. The normalized spacial score (nSPS) is 13.6. The number of benzene rings is 2. The zero-order valence-electron chi connectivity index (χ0n) is 16.0. The van der Waals surface area contributed by atoms with Gasteiger partial charge in [0.1, 0.15) is 5.75 Å². The zero-order valence-corrected chi connectivity index (χ0v) is 16.8. The Hall–Kier alpha value is -2.38. The Morgan fingerprint density at radius 1 is 1.07 bits per heavy atom. The SMILES string of the molecule is CCC(NC(=O)[C@H](C)NS(=O)(=O)c1ccc(OC)cc1)c1ccc(C)cc1. The molecular weight excluding hydrogens is 364 g/mol. The number of methoxy groups -OCH3 is 1. The van der Waals surface area contributed by atoms with Crippen LogP contribution in [-0.2, 0) is 14.8 Å². The Morgan fingerprint density at radius 3 is 2.19 bits per heavy atom. The minimum Gasteiger partial charge on any atom is -0.497 e. The first-order chi connectivity index (χ1) is 12.8. The minimum atomic E-state index is -3.81. The van der Waals surface area contributed by atoms with E-state index in [0.717, 1.165) is 11.1 Å². The summed E-state index contributed by atoms with van der Waals surface area (Å²) in [6, 6.07) is 12.8. The van der Waals surface area contributed by atoms with E-state index in [4.69, 9.17) is 4.74 Å². The second-order valence-corrected chi connectivity index (χ2v) is 8.11. The quantitative estimate of drug-likeness (QED) is 0.726. The maximum absolute atomic E-state index is 12.5. The molecule has 2 N–H and O–H groups in total. The molecule has 2 aromatic rings. The number of aryl methyl sites for hydroxylation is 1. The fraction of sp³-hybridized carbons (Fsp3) is 0.350. The van der Waals surface area contributed by atoms with E-state index in [1.807, 2.05) is 38.1 Å².